The molecule has 0 atom stereocenters. The maximum absolute atomic E-state index is 4.36. The molecule has 0 aromatic heterocycles. The van der Waals surface area contributed by atoms with Gasteiger partial charge in [0.2, 0.25) is 0 Å². The molecule has 0 amide bonds. The van der Waals surface area contributed by atoms with Gasteiger partial charge in [0.25, 0.3) is 0 Å². The van der Waals surface area contributed by atoms with E-state index in [0.29, 0.717) is 0 Å². The molecule has 0 fully saturated rings. The average Bonchev–Trinajstić information content (AvgIpc) is 1.90. The van der Waals surface area contributed by atoms with Crippen molar-refractivity contribution in [3.8, 4) is 0 Å². The van der Waals surface area contributed by atoms with Crippen molar-refractivity contribution in [3.63, 3.8) is 0 Å². The zero-order chi connectivity index (χ0) is 5.82. The van der Waals surface area contributed by atoms with Gasteiger partial charge in [0.05, 0.1) is 0 Å². The van der Waals surface area contributed by atoms with Gasteiger partial charge in [0, 0.05) is 12.3 Å². The van der Waals surface area contributed by atoms with Gasteiger partial charge in [0.1, 0.15) is 0 Å². The van der Waals surface area contributed by atoms with Crippen LogP contribution < -0.4 is 0 Å². The summed E-state index contributed by atoms with van der Waals surface area (Å²) in [5.41, 5.74) is 1.43. The van der Waals surface area contributed by atoms with Crippen LogP contribution >= 0.6 is 0 Å². The molecule has 1 rings (SSSR count). The van der Waals surface area contributed by atoms with E-state index in [2.05, 4.69) is 11.9 Å². The minimum Gasteiger partial charge on any atom is -0.294 e. The van der Waals surface area contributed by atoms with Crippen molar-refractivity contribution in [2.45, 2.75) is 32.6 Å². The molecule has 0 unspecified atom stereocenters. The molecule has 0 bridgehead atoms. The summed E-state index contributed by atoms with van der Waals surface area (Å²) in [5, 5.41) is 0. The lowest BCUT2D eigenvalue weighted by Gasteiger charge is -2.08. The third-order valence-corrected chi connectivity index (χ3v) is 1.62. The third kappa shape index (κ3) is 1.32. The first-order valence-corrected chi connectivity index (χ1v) is 3.45. The molecule has 0 aliphatic carbocycles. The van der Waals surface area contributed by atoms with E-state index in [1.165, 1.54) is 31.4 Å². The highest BCUT2D eigenvalue weighted by atomic mass is 14.7. The Kier molecular flexibility index (Phi) is 2.07. The largest absolute Gasteiger partial charge is 0.294 e. The number of nitrogens with zero attached hydrogens (tertiary/aromatic N) is 1. The quantitative estimate of drug-likeness (QED) is 0.491. The highest BCUT2D eigenvalue weighted by Gasteiger charge is 2.00. The Labute approximate surface area is 50.8 Å². The highest BCUT2D eigenvalue weighted by Crippen LogP contribution is 2.07. The second-order valence-corrected chi connectivity index (χ2v) is 2.26. The van der Waals surface area contributed by atoms with Crippen LogP contribution in [0.2, 0.25) is 0 Å². The van der Waals surface area contributed by atoms with E-state index in [1.54, 1.807) is 0 Å². The van der Waals surface area contributed by atoms with E-state index in [0.717, 1.165) is 6.54 Å². The number of hydrogen-bond acceptors (Lipinski definition) is 1. The van der Waals surface area contributed by atoms with Gasteiger partial charge in [0.15, 0.2) is 0 Å². The van der Waals surface area contributed by atoms with Gasteiger partial charge < -0.3 is 0 Å². The Hall–Kier alpha value is -0.330. The van der Waals surface area contributed by atoms with Gasteiger partial charge >= 0.3 is 0 Å². The molecule has 0 radical (unpaired) electrons. The molecule has 1 aliphatic rings. The van der Waals surface area contributed by atoms with Gasteiger partial charge in [-0.15, -0.1) is 0 Å². The molecular weight excluding hydrogens is 98.1 g/mol. The molecule has 0 aromatic rings. The lowest BCUT2D eigenvalue weighted by Crippen LogP contribution is -2.03. The molecule has 8 heavy (non-hydrogen) atoms. The van der Waals surface area contributed by atoms with E-state index in [-0.39, 0.29) is 0 Å². The Balaban J connectivity index is 2.37. The van der Waals surface area contributed by atoms with Gasteiger partial charge in [-0.1, -0.05) is 6.92 Å². The summed E-state index contributed by atoms with van der Waals surface area (Å²) in [5.74, 6) is 0. The van der Waals surface area contributed by atoms with Crippen LogP contribution in [0.5, 0.6) is 0 Å². The number of hydrogen-bond donors (Lipinski definition) is 0. The van der Waals surface area contributed by atoms with Crippen molar-refractivity contribution in [2.75, 3.05) is 6.54 Å². The first-order chi connectivity index (χ1) is 3.93. The molecule has 1 heterocycles. The second-order valence-electron chi connectivity index (χ2n) is 2.26. The smallest absolute Gasteiger partial charge is 0.0388 e. The predicted octanol–water partition coefficient (Wildman–Crippen LogP) is 2.02. The Morgan fingerprint density at radius 1 is 1.50 bits per heavy atom. The average molecular weight is 111 g/mol. The normalized spacial score (nSPS) is 20.4. The van der Waals surface area contributed by atoms with Crippen molar-refractivity contribution >= 4 is 5.71 Å². The summed E-state index contributed by atoms with van der Waals surface area (Å²) in [6.07, 6.45) is 5.10. The van der Waals surface area contributed by atoms with Gasteiger partial charge in [-0.2, -0.15) is 0 Å². The number of rotatable bonds is 1. The first-order valence-electron chi connectivity index (χ1n) is 3.45. The molecule has 0 N–H and O–H groups in total. The molecule has 0 aromatic carbocycles. The van der Waals surface area contributed by atoms with Gasteiger partial charge in [-0.05, 0) is 25.7 Å². The fraction of sp³-hybridized carbons (Fsp3) is 0.857. The molecule has 0 saturated carbocycles. The van der Waals surface area contributed by atoms with Crippen molar-refractivity contribution in [1.29, 1.82) is 0 Å². The zero-order valence-electron chi connectivity index (χ0n) is 5.48. The van der Waals surface area contributed by atoms with Crippen molar-refractivity contribution in [2.24, 2.45) is 4.99 Å². The molecule has 1 aliphatic heterocycles. The highest BCUT2D eigenvalue weighted by molar-refractivity contribution is 5.84. The van der Waals surface area contributed by atoms with Crippen LogP contribution in [0, 0.1) is 0 Å². The predicted molar refractivity (Wildman–Crippen MR) is 36.4 cm³/mol. The third-order valence-electron chi connectivity index (χ3n) is 1.62. The summed E-state index contributed by atoms with van der Waals surface area (Å²) in [6, 6.07) is 0. The maximum atomic E-state index is 4.36. The van der Waals surface area contributed by atoms with Crippen LogP contribution in [0.1, 0.15) is 32.6 Å². The minimum atomic E-state index is 1.09. The van der Waals surface area contributed by atoms with Gasteiger partial charge in [-0.25, -0.2) is 0 Å². The second kappa shape index (κ2) is 2.85. The van der Waals surface area contributed by atoms with Crippen LogP contribution in [0.3, 0.4) is 0 Å². The molecule has 0 spiro atoms. The fourth-order valence-corrected chi connectivity index (χ4v) is 1.05. The van der Waals surface area contributed by atoms with Crippen molar-refractivity contribution in [1.82, 2.24) is 0 Å². The first kappa shape index (κ1) is 5.80. The Morgan fingerprint density at radius 3 is 2.75 bits per heavy atom. The van der Waals surface area contributed by atoms with E-state index >= 15 is 0 Å². The molecule has 1 heteroatoms. The Bertz CT molecular complexity index is 94.6. The van der Waals surface area contributed by atoms with Crippen LogP contribution in [0.15, 0.2) is 4.99 Å². The van der Waals surface area contributed by atoms with Gasteiger partial charge in [-0.3, -0.25) is 4.99 Å². The summed E-state index contributed by atoms with van der Waals surface area (Å²) in [7, 11) is 0. The fourth-order valence-electron chi connectivity index (χ4n) is 1.05. The number of aliphatic imine (C=N–C) groups is 1. The Morgan fingerprint density at radius 2 is 2.38 bits per heavy atom. The summed E-state index contributed by atoms with van der Waals surface area (Å²) in [6.45, 7) is 3.27. The minimum absolute atomic E-state index is 1.09. The van der Waals surface area contributed by atoms with Crippen LogP contribution in [-0.2, 0) is 0 Å². The van der Waals surface area contributed by atoms with E-state index in [1.807, 2.05) is 0 Å². The maximum Gasteiger partial charge on any atom is 0.0388 e. The van der Waals surface area contributed by atoms with E-state index in [9.17, 15) is 0 Å². The SMILES string of the molecule is CCC1=NCCCC1. The van der Waals surface area contributed by atoms with Crippen molar-refractivity contribution in [3.05, 3.63) is 0 Å². The zero-order valence-corrected chi connectivity index (χ0v) is 5.48. The van der Waals surface area contributed by atoms with Crippen molar-refractivity contribution < 1.29 is 0 Å². The molecular formula is C7H13N. The molecule has 1 nitrogen and oxygen atoms in total. The van der Waals surface area contributed by atoms with Crippen LogP contribution in [-0.4, -0.2) is 12.3 Å². The standard InChI is InChI=1S/C7H13N/c1-2-7-5-3-4-6-8-7/h2-6H2,1H3. The summed E-state index contributed by atoms with van der Waals surface area (Å²) < 4.78 is 0. The van der Waals surface area contributed by atoms with Crippen LogP contribution in [0.4, 0.5) is 0 Å². The van der Waals surface area contributed by atoms with Crippen LogP contribution in [0.25, 0.3) is 0 Å². The monoisotopic (exact) mass is 111 g/mol. The summed E-state index contributed by atoms with van der Waals surface area (Å²) >= 11 is 0. The molecule has 0 saturated heterocycles. The summed E-state index contributed by atoms with van der Waals surface area (Å²) in [4.78, 5) is 4.36. The molecule has 46 valence electrons. The lowest BCUT2D eigenvalue weighted by atomic mass is 10.1. The van der Waals surface area contributed by atoms with E-state index < -0.39 is 0 Å². The topological polar surface area (TPSA) is 12.4 Å². The lowest BCUT2D eigenvalue weighted by molar-refractivity contribution is 0.728. The van der Waals surface area contributed by atoms with E-state index in [4.69, 9.17) is 0 Å².